The number of hydrogen-bond donors (Lipinski definition) is 0. The van der Waals surface area contributed by atoms with E-state index in [0.717, 1.165) is 9.87 Å². The molecule has 0 aliphatic carbocycles. The van der Waals surface area contributed by atoms with Crippen LogP contribution >= 0.6 is 0 Å². The van der Waals surface area contributed by atoms with E-state index >= 15 is 0 Å². The Kier molecular flexibility index (Phi) is 3.87. The monoisotopic (exact) mass is 385 g/mol. The van der Waals surface area contributed by atoms with Crippen molar-refractivity contribution in [1.82, 2.24) is 13.5 Å². The minimum absolute atomic E-state index is 0.260. The largest absolute Gasteiger partial charge is 0.343 e. The summed E-state index contributed by atoms with van der Waals surface area (Å²) in [5.74, 6) is -0.764. The maximum absolute atomic E-state index is 13.6. The van der Waals surface area contributed by atoms with E-state index in [0.29, 0.717) is 21.9 Å². The molecule has 2 aliphatic heterocycles. The second kappa shape index (κ2) is 5.90. The van der Waals surface area contributed by atoms with E-state index in [1.165, 1.54) is 19.0 Å². The molecule has 1 unspecified atom stereocenters. The molecule has 27 heavy (non-hydrogen) atoms. The van der Waals surface area contributed by atoms with Crippen LogP contribution in [0.25, 0.3) is 0 Å². The number of nitrogens with zero attached hydrogens (tertiary/aromatic N) is 3. The summed E-state index contributed by atoms with van der Waals surface area (Å²) in [6, 6.07) is 15.5. The number of benzene rings is 2. The summed E-state index contributed by atoms with van der Waals surface area (Å²) in [5, 5.41) is 0. The summed E-state index contributed by atoms with van der Waals surface area (Å²) in [5.41, 5.74) is 0.683. The average molecular weight is 385 g/mol. The Bertz CT molecular complexity index is 1040. The minimum Gasteiger partial charge on any atom is -0.300 e. The van der Waals surface area contributed by atoms with Gasteiger partial charge in [-0.1, -0.05) is 54.6 Å². The molecule has 0 bridgehead atoms. The molecule has 140 valence electrons. The van der Waals surface area contributed by atoms with Crippen LogP contribution in [0.4, 0.5) is 4.79 Å². The molecule has 4 rings (SSSR count). The first-order valence-corrected chi connectivity index (χ1v) is 9.95. The number of carbonyl (C=O) groups excluding carboxylic acids is 2. The normalized spacial score (nSPS) is 22.2. The van der Waals surface area contributed by atoms with E-state index in [1.54, 1.807) is 36.4 Å². The molecule has 2 aliphatic rings. The molecule has 2 heterocycles. The molecule has 0 aromatic heterocycles. The van der Waals surface area contributed by atoms with Crippen molar-refractivity contribution < 1.29 is 18.0 Å². The van der Waals surface area contributed by atoms with E-state index in [1.807, 2.05) is 18.2 Å². The Labute approximate surface area is 158 Å². The summed E-state index contributed by atoms with van der Waals surface area (Å²) in [7, 11) is -1.65. The lowest BCUT2D eigenvalue weighted by atomic mass is 9.76. The van der Waals surface area contributed by atoms with Gasteiger partial charge in [0.25, 0.3) is 5.91 Å². The highest BCUT2D eigenvalue weighted by Gasteiger charge is 2.64. The van der Waals surface area contributed by atoms with E-state index in [2.05, 4.69) is 0 Å². The number of hydrogen-bond acceptors (Lipinski definition) is 4. The van der Waals surface area contributed by atoms with E-state index < -0.39 is 27.7 Å². The fourth-order valence-electron chi connectivity index (χ4n) is 3.93. The summed E-state index contributed by atoms with van der Waals surface area (Å²) in [4.78, 5) is 28.1. The number of rotatable bonds is 3. The SMILES string of the molecule is CN(C)S(=O)(=O)N1C(=O)N2CCc3ccccc3C2(c2ccccc2)C1=O. The average Bonchev–Trinajstić information content (AvgIpc) is 2.90. The fraction of sp³-hybridized carbons (Fsp3) is 0.263. The third-order valence-electron chi connectivity index (χ3n) is 5.20. The number of urea groups is 1. The zero-order chi connectivity index (χ0) is 19.4. The molecular weight excluding hydrogens is 366 g/mol. The standard InChI is InChI=1S/C19H19N3O4S/c1-20(2)27(25,26)22-17(23)19(15-9-4-3-5-10-15)16-11-7-6-8-14(16)12-13-21(19)18(22)24/h3-11H,12-13H2,1-2H3. The van der Waals surface area contributed by atoms with Crippen molar-refractivity contribution in [3.05, 3.63) is 71.3 Å². The Hall–Kier alpha value is -2.71. The lowest BCUT2D eigenvalue weighted by Crippen LogP contribution is -2.52. The molecule has 0 spiro atoms. The van der Waals surface area contributed by atoms with Crippen LogP contribution < -0.4 is 0 Å². The Balaban J connectivity index is 2.05. The highest BCUT2D eigenvalue weighted by atomic mass is 32.2. The van der Waals surface area contributed by atoms with E-state index in [9.17, 15) is 18.0 Å². The van der Waals surface area contributed by atoms with Gasteiger partial charge in [0.2, 0.25) is 0 Å². The molecule has 1 atom stereocenters. The highest BCUT2D eigenvalue weighted by molar-refractivity contribution is 7.87. The van der Waals surface area contributed by atoms with Gasteiger partial charge in [0.15, 0.2) is 5.54 Å². The van der Waals surface area contributed by atoms with Crippen molar-refractivity contribution >= 4 is 22.1 Å². The second-order valence-electron chi connectivity index (χ2n) is 6.78. The first-order valence-electron chi connectivity index (χ1n) is 8.55. The molecule has 0 N–H and O–H groups in total. The first-order chi connectivity index (χ1) is 12.8. The first kappa shape index (κ1) is 17.7. The maximum Gasteiger partial charge on any atom is 0.343 e. The maximum atomic E-state index is 13.6. The molecular formula is C19H19N3O4S. The number of amides is 3. The summed E-state index contributed by atoms with van der Waals surface area (Å²) in [6.45, 7) is 0.260. The molecule has 7 nitrogen and oxygen atoms in total. The Morgan fingerprint density at radius 1 is 0.963 bits per heavy atom. The van der Waals surface area contributed by atoms with Crippen LogP contribution in [-0.2, 0) is 27.0 Å². The van der Waals surface area contributed by atoms with Gasteiger partial charge in [-0.15, -0.1) is 4.31 Å². The van der Waals surface area contributed by atoms with Gasteiger partial charge in [-0.2, -0.15) is 12.7 Å². The van der Waals surface area contributed by atoms with Gasteiger partial charge in [0, 0.05) is 20.6 Å². The topological polar surface area (TPSA) is 78.0 Å². The van der Waals surface area contributed by atoms with Crippen LogP contribution in [0.1, 0.15) is 16.7 Å². The number of carbonyl (C=O) groups is 2. The zero-order valence-corrected chi connectivity index (χ0v) is 15.8. The van der Waals surface area contributed by atoms with Gasteiger partial charge in [-0.3, -0.25) is 4.79 Å². The van der Waals surface area contributed by atoms with Crippen LogP contribution in [0, 0.1) is 0 Å². The quantitative estimate of drug-likeness (QED) is 0.751. The van der Waals surface area contributed by atoms with Gasteiger partial charge < -0.3 is 4.90 Å². The van der Waals surface area contributed by atoms with Gasteiger partial charge in [0.1, 0.15) is 0 Å². The predicted octanol–water partition coefficient (Wildman–Crippen LogP) is 1.56. The van der Waals surface area contributed by atoms with Crippen LogP contribution in [0.2, 0.25) is 0 Å². The van der Waals surface area contributed by atoms with Crippen LogP contribution in [0.3, 0.4) is 0 Å². The summed E-state index contributed by atoms with van der Waals surface area (Å²) < 4.78 is 26.8. The fourth-order valence-corrected chi connectivity index (χ4v) is 4.89. The number of fused-ring (bicyclic) bond motifs is 3. The van der Waals surface area contributed by atoms with Gasteiger partial charge >= 0.3 is 16.2 Å². The lowest BCUT2D eigenvalue weighted by Gasteiger charge is -2.40. The Morgan fingerprint density at radius 3 is 2.26 bits per heavy atom. The second-order valence-corrected chi connectivity index (χ2v) is 8.77. The van der Waals surface area contributed by atoms with Crippen molar-refractivity contribution in [3.63, 3.8) is 0 Å². The lowest BCUT2D eigenvalue weighted by molar-refractivity contribution is -0.129. The van der Waals surface area contributed by atoms with Crippen molar-refractivity contribution in [3.8, 4) is 0 Å². The summed E-state index contributed by atoms with van der Waals surface area (Å²) >= 11 is 0. The predicted molar refractivity (Wildman–Crippen MR) is 98.9 cm³/mol. The van der Waals surface area contributed by atoms with Crippen molar-refractivity contribution in [1.29, 1.82) is 0 Å². The van der Waals surface area contributed by atoms with Crippen LogP contribution in [0.15, 0.2) is 54.6 Å². The molecule has 3 amide bonds. The minimum atomic E-state index is -4.26. The molecule has 0 saturated carbocycles. The molecule has 2 aromatic carbocycles. The third-order valence-corrected chi connectivity index (χ3v) is 6.91. The zero-order valence-electron chi connectivity index (χ0n) is 15.0. The third kappa shape index (κ3) is 2.20. The molecule has 1 fully saturated rings. The summed E-state index contributed by atoms with van der Waals surface area (Å²) in [6.07, 6.45) is 0.555. The van der Waals surface area contributed by atoms with Crippen molar-refractivity contribution in [2.45, 2.75) is 12.0 Å². The van der Waals surface area contributed by atoms with Crippen LogP contribution in [0.5, 0.6) is 0 Å². The highest BCUT2D eigenvalue weighted by Crippen LogP contribution is 2.47. The smallest absolute Gasteiger partial charge is 0.300 e. The van der Waals surface area contributed by atoms with Crippen molar-refractivity contribution in [2.75, 3.05) is 20.6 Å². The molecule has 8 heteroatoms. The number of imide groups is 1. The van der Waals surface area contributed by atoms with Gasteiger partial charge in [0.05, 0.1) is 0 Å². The van der Waals surface area contributed by atoms with E-state index in [-0.39, 0.29) is 6.54 Å². The molecule has 0 radical (unpaired) electrons. The van der Waals surface area contributed by atoms with Crippen LogP contribution in [-0.4, -0.2) is 54.5 Å². The van der Waals surface area contributed by atoms with Gasteiger partial charge in [-0.05, 0) is 23.1 Å². The molecule has 2 aromatic rings. The Morgan fingerprint density at radius 2 is 1.59 bits per heavy atom. The van der Waals surface area contributed by atoms with Gasteiger partial charge in [-0.25, -0.2) is 4.79 Å². The van der Waals surface area contributed by atoms with E-state index in [4.69, 9.17) is 0 Å². The molecule has 1 saturated heterocycles. The van der Waals surface area contributed by atoms with Crippen molar-refractivity contribution in [2.24, 2.45) is 0 Å².